The number of carbonyl (C=O) groups is 2. The number of aromatic nitrogens is 1. The van der Waals surface area contributed by atoms with Crippen LogP contribution in [0.15, 0.2) is 10.9 Å². The minimum absolute atomic E-state index is 0.0157. The number of pyridine rings is 1. The topological polar surface area (TPSA) is 82.3 Å². The van der Waals surface area contributed by atoms with Crippen molar-refractivity contribution < 1.29 is 9.59 Å². The molecule has 0 fully saturated rings. The Labute approximate surface area is 111 Å². The molecule has 2 amide bonds. The van der Waals surface area contributed by atoms with Crippen molar-refractivity contribution in [3.63, 3.8) is 0 Å². The fraction of sp³-hybridized carbons (Fsp3) is 0.462. The minimum atomic E-state index is -0.294. The molecule has 0 aliphatic carbocycles. The van der Waals surface area contributed by atoms with Gasteiger partial charge in [-0.15, -0.1) is 0 Å². The summed E-state index contributed by atoms with van der Waals surface area (Å²) in [5, 5.41) is 2.63. The molecule has 1 aromatic rings. The molecule has 1 rings (SSSR count). The molecule has 0 aliphatic heterocycles. The summed E-state index contributed by atoms with van der Waals surface area (Å²) in [5.74, 6) is -0.475. The van der Waals surface area contributed by atoms with E-state index in [4.69, 9.17) is 0 Å². The second-order valence-corrected chi connectivity index (χ2v) is 4.59. The predicted octanol–water partition coefficient (Wildman–Crippen LogP) is 0.0862. The Bertz CT molecular complexity index is 549. The lowest BCUT2D eigenvalue weighted by molar-refractivity contribution is -0.133. The third-order valence-corrected chi connectivity index (χ3v) is 2.87. The van der Waals surface area contributed by atoms with Gasteiger partial charge >= 0.3 is 0 Å². The smallest absolute Gasteiger partial charge is 0.253 e. The van der Waals surface area contributed by atoms with Gasteiger partial charge in [-0.2, -0.15) is 0 Å². The van der Waals surface area contributed by atoms with Gasteiger partial charge in [-0.1, -0.05) is 0 Å². The van der Waals surface area contributed by atoms with Gasteiger partial charge in [0.25, 0.3) is 5.56 Å². The molecule has 0 radical (unpaired) electrons. The van der Waals surface area contributed by atoms with Crippen LogP contribution >= 0.6 is 0 Å². The summed E-state index contributed by atoms with van der Waals surface area (Å²) in [5.41, 5.74) is 1.96. The number of aromatic amines is 1. The van der Waals surface area contributed by atoms with E-state index in [-0.39, 0.29) is 30.5 Å². The zero-order valence-corrected chi connectivity index (χ0v) is 11.7. The van der Waals surface area contributed by atoms with E-state index in [0.29, 0.717) is 5.56 Å². The van der Waals surface area contributed by atoms with E-state index in [0.717, 1.165) is 11.3 Å². The van der Waals surface area contributed by atoms with Gasteiger partial charge < -0.3 is 15.2 Å². The second kappa shape index (κ2) is 6.17. The van der Waals surface area contributed by atoms with Crippen LogP contribution in [0.2, 0.25) is 0 Å². The van der Waals surface area contributed by atoms with Gasteiger partial charge in [-0.05, 0) is 25.5 Å². The first kappa shape index (κ1) is 14.9. The lowest BCUT2D eigenvalue weighted by Crippen LogP contribution is -2.38. The van der Waals surface area contributed by atoms with Crippen LogP contribution < -0.4 is 10.9 Å². The van der Waals surface area contributed by atoms with E-state index < -0.39 is 0 Å². The summed E-state index contributed by atoms with van der Waals surface area (Å²) in [6, 6.07) is 1.85. The van der Waals surface area contributed by atoms with Crippen LogP contribution in [0.3, 0.4) is 0 Å². The van der Waals surface area contributed by atoms with E-state index in [9.17, 15) is 14.4 Å². The molecule has 0 spiro atoms. The highest BCUT2D eigenvalue weighted by atomic mass is 16.2. The van der Waals surface area contributed by atoms with Gasteiger partial charge in [0.15, 0.2) is 0 Å². The quantitative estimate of drug-likeness (QED) is 0.809. The van der Waals surface area contributed by atoms with E-state index in [2.05, 4.69) is 10.3 Å². The Morgan fingerprint density at radius 1 is 1.37 bits per heavy atom. The fourth-order valence-corrected chi connectivity index (χ4v) is 1.67. The highest BCUT2D eigenvalue weighted by molar-refractivity contribution is 5.83. The first-order valence-electron chi connectivity index (χ1n) is 5.99. The summed E-state index contributed by atoms with van der Waals surface area (Å²) in [4.78, 5) is 38.3. The number of H-pyrrole nitrogens is 1. The van der Waals surface area contributed by atoms with Crippen LogP contribution in [-0.4, -0.2) is 35.3 Å². The number of hydrogen-bond donors (Lipinski definition) is 2. The molecule has 0 saturated carbocycles. The first-order valence-corrected chi connectivity index (χ1v) is 5.99. The Balaban J connectivity index is 2.65. The molecule has 19 heavy (non-hydrogen) atoms. The number of amides is 2. The van der Waals surface area contributed by atoms with Gasteiger partial charge in [0.05, 0.1) is 6.54 Å². The monoisotopic (exact) mass is 265 g/mol. The molecule has 1 aromatic heterocycles. The maximum absolute atomic E-state index is 11.7. The number of rotatable bonds is 4. The molecular formula is C13H19N3O3. The van der Waals surface area contributed by atoms with E-state index >= 15 is 0 Å². The fourth-order valence-electron chi connectivity index (χ4n) is 1.67. The number of aryl methyl sites for hydroxylation is 2. The SMILES string of the molecule is CC(=O)N(C)CC(=O)NCc1c(C)cc(C)[nH]c1=O. The van der Waals surface area contributed by atoms with E-state index in [1.165, 1.54) is 11.8 Å². The maximum Gasteiger partial charge on any atom is 0.253 e. The number of nitrogens with zero attached hydrogens (tertiary/aromatic N) is 1. The summed E-state index contributed by atoms with van der Waals surface area (Å²) in [6.45, 7) is 5.16. The molecule has 0 bridgehead atoms. The van der Waals surface area contributed by atoms with Crippen molar-refractivity contribution in [2.75, 3.05) is 13.6 Å². The largest absolute Gasteiger partial charge is 0.350 e. The average Bonchev–Trinajstić information content (AvgIpc) is 2.27. The first-order chi connectivity index (χ1) is 8.81. The van der Waals surface area contributed by atoms with Crippen molar-refractivity contribution >= 4 is 11.8 Å². The molecule has 0 atom stereocenters. The molecule has 0 aliphatic rings. The van der Waals surface area contributed by atoms with Crippen LogP contribution in [0.5, 0.6) is 0 Å². The van der Waals surface area contributed by atoms with Crippen molar-refractivity contribution in [1.82, 2.24) is 15.2 Å². The molecule has 0 aromatic carbocycles. The van der Waals surface area contributed by atoms with Crippen molar-refractivity contribution in [2.45, 2.75) is 27.3 Å². The Morgan fingerprint density at radius 3 is 2.53 bits per heavy atom. The van der Waals surface area contributed by atoms with Gasteiger partial charge in [0, 0.05) is 31.8 Å². The molecular weight excluding hydrogens is 246 g/mol. The normalized spacial score (nSPS) is 10.1. The standard InChI is InChI=1S/C13H19N3O3/c1-8-5-9(2)15-13(19)11(8)6-14-12(18)7-16(4)10(3)17/h5H,6-7H2,1-4H3,(H,14,18)(H,15,19). The van der Waals surface area contributed by atoms with Gasteiger partial charge in [0.1, 0.15) is 0 Å². The number of carbonyl (C=O) groups excluding carboxylic acids is 2. The third-order valence-electron chi connectivity index (χ3n) is 2.87. The van der Waals surface area contributed by atoms with Gasteiger partial charge in [-0.25, -0.2) is 0 Å². The van der Waals surface area contributed by atoms with Crippen molar-refractivity contribution in [3.8, 4) is 0 Å². The highest BCUT2D eigenvalue weighted by Gasteiger charge is 2.10. The lowest BCUT2D eigenvalue weighted by Gasteiger charge is -2.14. The molecule has 1 heterocycles. The zero-order chi connectivity index (χ0) is 14.6. The maximum atomic E-state index is 11.7. The number of hydrogen-bond acceptors (Lipinski definition) is 3. The van der Waals surface area contributed by atoms with Crippen LogP contribution in [0.25, 0.3) is 0 Å². The molecule has 6 heteroatoms. The molecule has 6 nitrogen and oxygen atoms in total. The van der Waals surface area contributed by atoms with Gasteiger partial charge in [0.2, 0.25) is 11.8 Å². The Morgan fingerprint density at radius 2 is 2.00 bits per heavy atom. The summed E-state index contributed by atoms with van der Waals surface area (Å²) >= 11 is 0. The number of nitrogens with one attached hydrogen (secondary N) is 2. The Hall–Kier alpha value is -2.11. The van der Waals surface area contributed by atoms with Crippen molar-refractivity contribution in [3.05, 3.63) is 33.2 Å². The van der Waals surface area contributed by atoms with Crippen molar-refractivity contribution in [1.29, 1.82) is 0 Å². The van der Waals surface area contributed by atoms with Crippen LogP contribution in [-0.2, 0) is 16.1 Å². The highest BCUT2D eigenvalue weighted by Crippen LogP contribution is 2.02. The van der Waals surface area contributed by atoms with Gasteiger partial charge in [-0.3, -0.25) is 14.4 Å². The zero-order valence-electron chi connectivity index (χ0n) is 11.7. The molecule has 0 saturated heterocycles. The Kier molecular flexibility index (Phi) is 4.86. The summed E-state index contributed by atoms with van der Waals surface area (Å²) in [7, 11) is 1.55. The van der Waals surface area contributed by atoms with Crippen molar-refractivity contribution in [2.24, 2.45) is 0 Å². The molecule has 0 unspecified atom stereocenters. The average molecular weight is 265 g/mol. The second-order valence-electron chi connectivity index (χ2n) is 4.59. The molecule has 104 valence electrons. The van der Waals surface area contributed by atoms with E-state index in [1.807, 2.05) is 13.0 Å². The van der Waals surface area contributed by atoms with Crippen LogP contribution in [0.1, 0.15) is 23.7 Å². The molecule has 2 N–H and O–H groups in total. The van der Waals surface area contributed by atoms with Crippen LogP contribution in [0, 0.1) is 13.8 Å². The summed E-state index contributed by atoms with van der Waals surface area (Å²) < 4.78 is 0. The lowest BCUT2D eigenvalue weighted by atomic mass is 10.1. The number of likely N-dealkylation sites (N-methyl/N-ethyl adjacent to an activating group) is 1. The van der Waals surface area contributed by atoms with Crippen LogP contribution in [0.4, 0.5) is 0 Å². The minimum Gasteiger partial charge on any atom is -0.350 e. The third kappa shape index (κ3) is 4.24. The predicted molar refractivity (Wildman–Crippen MR) is 71.7 cm³/mol. The van der Waals surface area contributed by atoms with E-state index in [1.54, 1.807) is 14.0 Å². The summed E-state index contributed by atoms with van der Waals surface area (Å²) in [6.07, 6.45) is 0.